The highest BCUT2D eigenvalue weighted by Gasteiger charge is 2.19. The van der Waals surface area contributed by atoms with Crippen LogP contribution >= 0.6 is 0 Å². The molecule has 1 aromatic carbocycles. The third-order valence-electron chi connectivity index (χ3n) is 3.85. The largest absolute Gasteiger partial charge is 0.505 e. The molecular formula is C16H21FN2O3. The smallest absolute Gasteiger partial charge is 0.222 e. The highest BCUT2D eigenvalue weighted by atomic mass is 19.1. The Bertz CT molecular complexity index is 562. The van der Waals surface area contributed by atoms with Crippen LogP contribution in [0.3, 0.4) is 0 Å². The van der Waals surface area contributed by atoms with Gasteiger partial charge >= 0.3 is 0 Å². The number of carbonyl (C=O) groups is 2. The van der Waals surface area contributed by atoms with Gasteiger partial charge < -0.3 is 15.3 Å². The highest BCUT2D eigenvalue weighted by Crippen LogP contribution is 2.20. The van der Waals surface area contributed by atoms with Gasteiger partial charge in [-0.2, -0.15) is 0 Å². The molecule has 0 radical (unpaired) electrons. The van der Waals surface area contributed by atoms with Crippen LogP contribution in [0, 0.1) is 5.82 Å². The lowest BCUT2D eigenvalue weighted by atomic mass is 10.1. The number of amides is 2. The monoisotopic (exact) mass is 308 g/mol. The lowest BCUT2D eigenvalue weighted by molar-refractivity contribution is -0.128. The molecule has 0 aliphatic carbocycles. The van der Waals surface area contributed by atoms with Crippen LogP contribution in [-0.2, 0) is 9.59 Å². The van der Waals surface area contributed by atoms with Crippen molar-refractivity contribution < 1.29 is 19.1 Å². The van der Waals surface area contributed by atoms with Crippen molar-refractivity contribution in [3.8, 4) is 5.75 Å². The summed E-state index contributed by atoms with van der Waals surface area (Å²) in [5, 5.41) is 11.9. The van der Waals surface area contributed by atoms with Gasteiger partial charge in [0.05, 0.1) is 6.04 Å². The van der Waals surface area contributed by atoms with Crippen molar-refractivity contribution >= 4 is 11.8 Å². The lowest BCUT2D eigenvalue weighted by Crippen LogP contribution is -2.29. The van der Waals surface area contributed by atoms with Crippen LogP contribution in [0.15, 0.2) is 18.2 Å². The predicted molar refractivity (Wildman–Crippen MR) is 79.7 cm³/mol. The van der Waals surface area contributed by atoms with Crippen molar-refractivity contribution in [3.05, 3.63) is 29.6 Å². The standard InChI is InChI=1S/C16H21FN2O3/c1-11(12-6-7-14(20)13(17)10-12)18-15(21)4-2-8-19-9-3-5-16(19)22/h6-7,10-11,20H,2-5,8-9H2,1H3,(H,18,21)/t11-/m0/s1. The maximum absolute atomic E-state index is 13.3. The van der Waals surface area contributed by atoms with E-state index in [4.69, 9.17) is 5.11 Å². The van der Waals surface area contributed by atoms with Crippen LogP contribution in [0.1, 0.15) is 44.2 Å². The number of hydrogen-bond donors (Lipinski definition) is 2. The van der Waals surface area contributed by atoms with Crippen LogP contribution in [0.4, 0.5) is 4.39 Å². The van der Waals surface area contributed by atoms with Crippen LogP contribution in [0.25, 0.3) is 0 Å². The van der Waals surface area contributed by atoms with E-state index in [1.165, 1.54) is 12.1 Å². The molecule has 1 fully saturated rings. The number of phenolic OH excluding ortho intramolecular Hbond substituents is 1. The summed E-state index contributed by atoms with van der Waals surface area (Å²) in [5.41, 5.74) is 0.596. The average Bonchev–Trinajstić information content (AvgIpc) is 2.87. The second-order valence-electron chi connectivity index (χ2n) is 5.59. The van der Waals surface area contributed by atoms with Crippen molar-refractivity contribution in [2.75, 3.05) is 13.1 Å². The first kappa shape index (κ1) is 16.3. The van der Waals surface area contributed by atoms with E-state index in [9.17, 15) is 14.0 Å². The van der Waals surface area contributed by atoms with Crippen molar-refractivity contribution in [1.82, 2.24) is 10.2 Å². The molecule has 2 amide bonds. The molecule has 1 aromatic rings. The first-order valence-electron chi connectivity index (χ1n) is 7.53. The molecule has 1 atom stereocenters. The topological polar surface area (TPSA) is 69.6 Å². The summed E-state index contributed by atoms with van der Waals surface area (Å²) < 4.78 is 13.3. The summed E-state index contributed by atoms with van der Waals surface area (Å²) in [6.45, 7) is 3.14. The zero-order valence-corrected chi connectivity index (χ0v) is 12.6. The number of benzene rings is 1. The summed E-state index contributed by atoms with van der Waals surface area (Å²) >= 11 is 0. The van der Waals surface area contributed by atoms with Crippen molar-refractivity contribution in [2.24, 2.45) is 0 Å². The molecule has 2 N–H and O–H groups in total. The van der Waals surface area contributed by atoms with Gasteiger partial charge in [-0.05, 0) is 37.5 Å². The van der Waals surface area contributed by atoms with Gasteiger partial charge in [-0.1, -0.05) is 6.07 Å². The summed E-state index contributed by atoms with van der Waals surface area (Å²) in [6, 6.07) is 3.72. The number of carbonyl (C=O) groups excluding carboxylic acids is 2. The Balaban J connectivity index is 1.76. The molecule has 0 aromatic heterocycles. The summed E-state index contributed by atoms with van der Waals surface area (Å²) in [7, 11) is 0. The molecule has 1 heterocycles. The molecule has 0 spiro atoms. The van der Waals surface area contributed by atoms with E-state index >= 15 is 0 Å². The predicted octanol–water partition coefficient (Wildman–Crippen LogP) is 2.11. The van der Waals surface area contributed by atoms with Crippen LogP contribution in [-0.4, -0.2) is 34.9 Å². The molecule has 6 heteroatoms. The lowest BCUT2D eigenvalue weighted by Gasteiger charge is -2.17. The number of hydrogen-bond acceptors (Lipinski definition) is 3. The first-order valence-corrected chi connectivity index (χ1v) is 7.53. The molecule has 5 nitrogen and oxygen atoms in total. The third kappa shape index (κ3) is 4.19. The number of likely N-dealkylation sites (tertiary alicyclic amines) is 1. The second-order valence-corrected chi connectivity index (χ2v) is 5.59. The third-order valence-corrected chi connectivity index (χ3v) is 3.85. The SMILES string of the molecule is C[C@H](NC(=O)CCCN1CCCC1=O)c1ccc(O)c(F)c1. The maximum atomic E-state index is 13.3. The van der Waals surface area contributed by atoms with Gasteiger partial charge in [0.1, 0.15) is 0 Å². The zero-order chi connectivity index (χ0) is 16.1. The number of phenols is 1. The average molecular weight is 308 g/mol. The fraction of sp³-hybridized carbons (Fsp3) is 0.500. The number of rotatable bonds is 6. The molecule has 1 aliphatic heterocycles. The maximum Gasteiger partial charge on any atom is 0.222 e. The molecule has 1 saturated heterocycles. The quantitative estimate of drug-likeness (QED) is 0.845. The summed E-state index contributed by atoms with van der Waals surface area (Å²) in [5.74, 6) is -1.08. The van der Waals surface area contributed by atoms with E-state index in [0.29, 0.717) is 31.4 Å². The molecule has 0 bridgehead atoms. The molecular weight excluding hydrogens is 287 g/mol. The van der Waals surface area contributed by atoms with Gasteiger partial charge in [0.2, 0.25) is 11.8 Å². The van der Waals surface area contributed by atoms with Crippen molar-refractivity contribution in [3.63, 3.8) is 0 Å². The van der Waals surface area contributed by atoms with Gasteiger partial charge in [-0.15, -0.1) is 0 Å². The van der Waals surface area contributed by atoms with E-state index in [0.717, 1.165) is 13.0 Å². The van der Waals surface area contributed by atoms with Gasteiger partial charge in [0.25, 0.3) is 0 Å². The minimum atomic E-state index is -0.703. The fourth-order valence-electron chi connectivity index (χ4n) is 2.56. The van der Waals surface area contributed by atoms with Crippen LogP contribution < -0.4 is 5.32 Å². The van der Waals surface area contributed by atoms with Crippen molar-refractivity contribution in [1.29, 1.82) is 0 Å². The van der Waals surface area contributed by atoms with E-state index in [2.05, 4.69) is 5.32 Å². The van der Waals surface area contributed by atoms with Crippen molar-refractivity contribution in [2.45, 2.75) is 38.6 Å². The van der Waals surface area contributed by atoms with Crippen LogP contribution in [0.5, 0.6) is 5.75 Å². The Morgan fingerprint density at radius 3 is 2.91 bits per heavy atom. The Labute approximate surface area is 129 Å². The number of aromatic hydroxyl groups is 1. The van der Waals surface area contributed by atoms with E-state index < -0.39 is 11.6 Å². The minimum Gasteiger partial charge on any atom is -0.505 e. The van der Waals surface area contributed by atoms with Gasteiger partial charge in [0, 0.05) is 25.9 Å². The first-order chi connectivity index (χ1) is 10.5. The number of nitrogens with one attached hydrogen (secondary N) is 1. The second kappa shape index (κ2) is 7.24. The number of halogens is 1. The van der Waals surface area contributed by atoms with Gasteiger partial charge in [-0.3, -0.25) is 9.59 Å². The fourth-order valence-corrected chi connectivity index (χ4v) is 2.56. The van der Waals surface area contributed by atoms with E-state index in [1.54, 1.807) is 17.9 Å². The van der Waals surface area contributed by atoms with Crippen LogP contribution in [0.2, 0.25) is 0 Å². The molecule has 1 aliphatic rings. The van der Waals surface area contributed by atoms with Gasteiger partial charge in [0.15, 0.2) is 11.6 Å². The molecule has 0 saturated carbocycles. The molecule has 120 valence electrons. The Hall–Kier alpha value is -2.11. The Kier molecular flexibility index (Phi) is 5.35. The van der Waals surface area contributed by atoms with E-state index in [-0.39, 0.29) is 17.9 Å². The normalized spacial score (nSPS) is 15.9. The molecule has 0 unspecified atom stereocenters. The molecule has 22 heavy (non-hydrogen) atoms. The summed E-state index contributed by atoms with van der Waals surface area (Å²) in [4.78, 5) is 25.1. The summed E-state index contributed by atoms with van der Waals surface area (Å²) in [6.07, 6.45) is 2.45. The van der Waals surface area contributed by atoms with E-state index in [1.807, 2.05) is 0 Å². The Morgan fingerprint density at radius 1 is 1.50 bits per heavy atom. The number of nitrogens with zero attached hydrogens (tertiary/aromatic N) is 1. The van der Waals surface area contributed by atoms with Gasteiger partial charge in [-0.25, -0.2) is 4.39 Å². The Morgan fingerprint density at radius 2 is 2.27 bits per heavy atom. The highest BCUT2D eigenvalue weighted by molar-refractivity contribution is 5.78. The zero-order valence-electron chi connectivity index (χ0n) is 12.6. The molecule has 2 rings (SSSR count). The minimum absolute atomic E-state index is 0.132.